The number of hydrogen-bond donors (Lipinski definition) is 0. The van der Waals surface area contributed by atoms with Crippen LogP contribution in [0.4, 0.5) is 0 Å². The zero-order valence-corrected chi connectivity index (χ0v) is 21.1. The molecule has 166 valence electrons. The molecule has 0 unspecified atom stereocenters. The number of nitriles is 1. The first-order valence-electron chi connectivity index (χ1n) is 11.5. The predicted octanol–water partition coefficient (Wildman–Crippen LogP) is 7.61. The fourth-order valence-electron chi connectivity index (χ4n) is 3.84. The molecule has 2 nitrogen and oxygen atoms in total. The molecular weight excluding hydrogens is 410 g/mol. The van der Waals surface area contributed by atoms with Gasteiger partial charge in [-0.25, -0.2) is 0 Å². The molecule has 0 spiro atoms. The first kappa shape index (κ1) is 25.4. The highest BCUT2D eigenvalue weighted by molar-refractivity contribution is 7.99. The van der Waals surface area contributed by atoms with Crippen LogP contribution in [0.2, 0.25) is 0 Å². The van der Waals surface area contributed by atoms with E-state index in [0.717, 1.165) is 27.5 Å². The fraction of sp³-hybridized carbons (Fsp3) is 0.310. The van der Waals surface area contributed by atoms with Gasteiger partial charge in [-0.15, -0.1) is 0 Å². The summed E-state index contributed by atoms with van der Waals surface area (Å²) in [5.41, 5.74) is 1.79. The van der Waals surface area contributed by atoms with Crippen molar-refractivity contribution in [3.05, 3.63) is 75.6 Å². The molecule has 0 aliphatic carbocycles. The molecule has 32 heavy (non-hydrogen) atoms. The Bertz CT molecular complexity index is 1310. The normalized spacial score (nSPS) is 11.5. The lowest BCUT2D eigenvalue weighted by Gasteiger charge is -2.09. The van der Waals surface area contributed by atoms with Crippen LogP contribution in [-0.4, -0.2) is 0 Å². The lowest BCUT2D eigenvalue weighted by atomic mass is 10.0. The summed E-state index contributed by atoms with van der Waals surface area (Å²) in [6.07, 6.45) is 1.08. The summed E-state index contributed by atoms with van der Waals surface area (Å²) in [5.74, 6) is 0.645. The van der Waals surface area contributed by atoms with Crippen LogP contribution in [0.3, 0.4) is 0 Å². The van der Waals surface area contributed by atoms with E-state index in [-0.39, 0.29) is 5.43 Å². The molecule has 0 heterocycles. The number of nitrogens with zero attached hydrogens (tertiary/aromatic N) is 1. The van der Waals surface area contributed by atoms with Crippen molar-refractivity contribution in [3.8, 4) is 6.07 Å². The summed E-state index contributed by atoms with van der Waals surface area (Å²) < 4.78 is 0. The zero-order valence-electron chi connectivity index (χ0n) is 20.2. The Balaban J connectivity index is 0.000000860. The van der Waals surface area contributed by atoms with Crippen molar-refractivity contribution in [2.75, 3.05) is 0 Å². The van der Waals surface area contributed by atoms with Crippen molar-refractivity contribution in [2.45, 2.75) is 64.7 Å². The molecule has 0 bridgehead atoms. The smallest absolute Gasteiger partial charge is 0.195 e. The molecule has 4 rings (SSSR count). The molecule has 0 aromatic heterocycles. The predicted molar refractivity (Wildman–Crippen MR) is 141 cm³/mol. The molecule has 4 aromatic carbocycles. The molecular formula is C29H33NOS. The van der Waals surface area contributed by atoms with Crippen molar-refractivity contribution < 1.29 is 0 Å². The number of benzene rings is 3. The lowest BCUT2D eigenvalue weighted by Crippen LogP contribution is -2.21. The summed E-state index contributed by atoms with van der Waals surface area (Å²) in [6.45, 7) is 14.2. The maximum atomic E-state index is 12.9. The van der Waals surface area contributed by atoms with E-state index in [2.05, 4.69) is 56.3 Å². The average molecular weight is 444 g/mol. The molecule has 0 radical (unpaired) electrons. The molecule has 0 aliphatic rings. The lowest BCUT2D eigenvalue weighted by molar-refractivity contribution is 0.647. The number of hydrogen-bond acceptors (Lipinski definition) is 3. The third-order valence-electron chi connectivity index (χ3n) is 5.08. The van der Waals surface area contributed by atoms with Crippen LogP contribution in [0.1, 0.15) is 54.0 Å². The van der Waals surface area contributed by atoms with Crippen LogP contribution >= 0.6 is 11.8 Å². The number of rotatable bonds is 4. The highest BCUT2D eigenvalue weighted by Gasteiger charge is 2.15. The van der Waals surface area contributed by atoms with Gasteiger partial charge in [0.05, 0.1) is 6.07 Å². The maximum absolute atomic E-state index is 12.9. The van der Waals surface area contributed by atoms with Gasteiger partial charge >= 0.3 is 0 Å². The molecule has 0 N–H and O–H groups in total. The van der Waals surface area contributed by atoms with Gasteiger partial charge in [-0.2, -0.15) is 5.26 Å². The van der Waals surface area contributed by atoms with Crippen LogP contribution in [0, 0.1) is 17.2 Å². The molecule has 0 saturated carbocycles. The quantitative estimate of drug-likeness (QED) is 0.326. The van der Waals surface area contributed by atoms with E-state index in [1.54, 1.807) is 18.7 Å². The van der Waals surface area contributed by atoms with Gasteiger partial charge in [0, 0.05) is 31.4 Å². The average Bonchev–Trinajstić information content (AvgIpc) is 3.11. The Morgan fingerprint density at radius 1 is 0.906 bits per heavy atom. The van der Waals surface area contributed by atoms with Gasteiger partial charge in [-0.3, -0.25) is 4.79 Å². The molecule has 4 aromatic rings. The van der Waals surface area contributed by atoms with Crippen LogP contribution in [-0.2, 0) is 6.42 Å². The standard InChI is InChI=1S/C25H21NOS.2C2H6/c1-15(2)13-17-7-9-18(10-8-17)28-22-12-11-20-23(16(3)14-26)25(27)21-6-4-5-19(22)24(20)21;2*1-2/h4-12,15H,13H2,1-3H3;2*1-2H3/b23-16-;;. The van der Waals surface area contributed by atoms with Crippen LogP contribution in [0.15, 0.2) is 69.2 Å². The van der Waals surface area contributed by atoms with Crippen LogP contribution < -0.4 is 10.6 Å². The van der Waals surface area contributed by atoms with E-state index in [1.807, 2.05) is 45.9 Å². The molecule has 3 heteroatoms. The van der Waals surface area contributed by atoms with Crippen LogP contribution in [0.25, 0.3) is 27.1 Å². The minimum absolute atomic E-state index is 0.0418. The van der Waals surface area contributed by atoms with E-state index < -0.39 is 0 Å². The van der Waals surface area contributed by atoms with Gasteiger partial charge in [-0.1, -0.05) is 89.7 Å². The maximum Gasteiger partial charge on any atom is 0.195 e. The van der Waals surface area contributed by atoms with Gasteiger partial charge in [0.1, 0.15) is 0 Å². The SMILES string of the molecule is C/C(C#N)=c1/c(=O)c2cccc3c(Sc4ccc(CC(C)C)cc4)ccc1c32.CC.CC. The second-order valence-corrected chi connectivity index (χ2v) is 8.74. The molecule has 0 saturated heterocycles. The Morgan fingerprint density at radius 3 is 2.12 bits per heavy atom. The van der Waals surface area contributed by atoms with E-state index in [9.17, 15) is 10.1 Å². The molecule has 0 amide bonds. The Morgan fingerprint density at radius 2 is 1.53 bits per heavy atom. The summed E-state index contributed by atoms with van der Waals surface area (Å²) in [4.78, 5) is 15.2. The second-order valence-electron chi connectivity index (χ2n) is 7.62. The Hall–Kier alpha value is -2.83. The minimum Gasteiger partial charge on any atom is -0.289 e. The third kappa shape index (κ3) is 5.14. The first-order chi connectivity index (χ1) is 15.5. The summed E-state index contributed by atoms with van der Waals surface area (Å²) in [6, 6.07) is 20.8. The monoisotopic (exact) mass is 443 g/mol. The highest BCUT2D eigenvalue weighted by Crippen LogP contribution is 2.36. The van der Waals surface area contributed by atoms with E-state index in [1.165, 1.54) is 10.5 Å². The fourth-order valence-corrected chi connectivity index (χ4v) is 4.79. The van der Waals surface area contributed by atoms with Crippen molar-refractivity contribution in [2.24, 2.45) is 5.92 Å². The molecule has 0 aliphatic heterocycles. The summed E-state index contributed by atoms with van der Waals surface area (Å²) >= 11 is 1.71. The van der Waals surface area contributed by atoms with E-state index >= 15 is 0 Å². The van der Waals surface area contributed by atoms with Gasteiger partial charge in [0.15, 0.2) is 5.43 Å². The third-order valence-corrected chi connectivity index (χ3v) is 6.16. The largest absolute Gasteiger partial charge is 0.289 e. The first-order valence-corrected chi connectivity index (χ1v) is 12.3. The van der Waals surface area contributed by atoms with Crippen molar-refractivity contribution >= 4 is 38.9 Å². The Kier molecular flexibility index (Phi) is 9.29. The molecule has 0 fully saturated rings. The van der Waals surface area contributed by atoms with E-state index in [0.29, 0.717) is 22.1 Å². The summed E-state index contributed by atoms with van der Waals surface area (Å²) in [7, 11) is 0. The van der Waals surface area contributed by atoms with Gasteiger partial charge in [0.25, 0.3) is 0 Å². The highest BCUT2D eigenvalue weighted by atomic mass is 32.2. The van der Waals surface area contributed by atoms with Gasteiger partial charge in [-0.05, 0) is 53.8 Å². The van der Waals surface area contributed by atoms with Gasteiger partial charge < -0.3 is 0 Å². The van der Waals surface area contributed by atoms with Gasteiger partial charge in [0.2, 0.25) is 0 Å². The Labute approximate surface area is 196 Å². The van der Waals surface area contributed by atoms with Crippen molar-refractivity contribution in [1.82, 2.24) is 0 Å². The zero-order chi connectivity index (χ0) is 23.8. The van der Waals surface area contributed by atoms with Crippen molar-refractivity contribution in [3.63, 3.8) is 0 Å². The van der Waals surface area contributed by atoms with E-state index in [4.69, 9.17) is 0 Å². The summed E-state index contributed by atoms with van der Waals surface area (Å²) in [5, 5.41) is 13.5. The topological polar surface area (TPSA) is 40.9 Å². The second kappa shape index (κ2) is 11.7. The van der Waals surface area contributed by atoms with Crippen LogP contribution in [0.5, 0.6) is 0 Å². The minimum atomic E-state index is -0.0418. The van der Waals surface area contributed by atoms with Crippen molar-refractivity contribution in [1.29, 1.82) is 5.26 Å². The molecule has 0 atom stereocenters.